The number of nitrogens with one attached hydrogen (secondary N) is 1. The fourth-order valence-electron chi connectivity index (χ4n) is 3.43. The highest BCUT2D eigenvalue weighted by atomic mass is 35.5. The Balaban J connectivity index is 1.82. The van der Waals surface area contributed by atoms with E-state index in [0.717, 1.165) is 19.3 Å². The average molecular weight is 417 g/mol. The summed E-state index contributed by atoms with van der Waals surface area (Å²) < 4.78 is 1.49. The van der Waals surface area contributed by atoms with Gasteiger partial charge in [0, 0.05) is 11.6 Å². The number of amides is 1. The number of halogens is 1. The van der Waals surface area contributed by atoms with E-state index in [1.54, 1.807) is 24.3 Å². The number of thioether (sulfide) groups is 1. The minimum Gasteiger partial charge on any atom is -0.337 e. The number of nitrogens with zero attached hydrogens (tertiary/aromatic N) is 3. The molecule has 8 heteroatoms. The van der Waals surface area contributed by atoms with Crippen molar-refractivity contribution in [2.75, 3.05) is 5.75 Å². The molecule has 3 rings (SSSR count). The minimum atomic E-state index is -0.777. The lowest BCUT2D eigenvalue weighted by Crippen LogP contribution is -2.49. The number of benzene rings is 1. The van der Waals surface area contributed by atoms with Crippen LogP contribution < -0.4 is 10.9 Å². The SMILES string of the molecule is C=CCn1c(SCC(=O)NC2(C#N)CCCCC2)nc2cc(Cl)ccc2c1=O. The lowest BCUT2D eigenvalue weighted by molar-refractivity contribution is -0.120. The fraction of sp³-hybridized carbons (Fsp3) is 0.400. The second-order valence-corrected chi connectivity index (χ2v) is 8.23. The number of aromatic nitrogens is 2. The molecule has 1 amide bonds. The molecule has 6 nitrogen and oxygen atoms in total. The molecular formula is C20H21ClN4O2S. The summed E-state index contributed by atoms with van der Waals surface area (Å²) in [5.41, 5.74) is -0.493. The van der Waals surface area contributed by atoms with Crippen LogP contribution in [0.15, 0.2) is 40.8 Å². The van der Waals surface area contributed by atoms with E-state index in [1.807, 2.05) is 0 Å². The maximum absolute atomic E-state index is 12.8. The molecule has 0 unspecified atom stereocenters. The standard InChI is InChI=1S/C20H21ClN4O2S/c1-2-10-25-18(27)15-7-6-14(21)11-16(15)23-19(25)28-12-17(26)24-20(13-22)8-4-3-5-9-20/h2,6-7,11H,1,3-5,8-10,12H2,(H,24,26). The van der Waals surface area contributed by atoms with E-state index in [1.165, 1.54) is 16.3 Å². The van der Waals surface area contributed by atoms with E-state index in [4.69, 9.17) is 11.6 Å². The van der Waals surface area contributed by atoms with E-state index in [9.17, 15) is 14.9 Å². The number of hydrogen-bond donors (Lipinski definition) is 1. The normalized spacial score (nSPS) is 15.7. The first-order valence-electron chi connectivity index (χ1n) is 9.14. The molecule has 2 aromatic rings. The summed E-state index contributed by atoms with van der Waals surface area (Å²) in [6, 6.07) is 7.21. The molecule has 1 saturated carbocycles. The van der Waals surface area contributed by atoms with Gasteiger partial charge in [0.2, 0.25) is 5.91 Å². The Morgan fingerprint density at radius 1 is 1.43 bits per heavy atom. The molecule has 1 N–H and O–H groups in total. The monoisotopic (exact) mass is 416 g/mol. The van der Waals surface area contributed by atoms with Crippen molar-refractivity contribution >= 4 is 40.2 Å². The molecule has 1 aromatic heterocycles. The molecule has 1 heterocycles. The van der Waals surface area contributed by atoms with Crippen LogP contribution in [0.25, 0.3) is 10.9 Å². The molecule has 1 fully saturated rings. The summed E-state index contributed by atoms with van der Waals surface area (Å²) >= 11 is 7.19. The van der Waals surface area contributed by atoms with Gasteiger partial charge in [-0.3, -0.25) is 14.2 Å². The topological polar surface area (TPSA) is 87.8 Å². The summed E-state index contributed by atoms with van der Waals surface area (Å²) in [6.07, 6.45) is 5.93. The molecule has 146 valence electrons. The van der Waals surface area contributed by atoms with E-state index >= 15 is 0 Å². The number of allylic oxidation sites excluding steroid dienone is 1. The van der Waals surface area contributed by atoms with Gasteiger partial charge in [-0.05, 0) is 31.0 Å². The summed E-state index contributed by atoms with van der Waals surface area (Å²) in [5.74, 6) is -0.168. The van der Waals surface area contributed by atoms with E-state index < -0.39 is 5.54 Å². The van der Waals surface area contributed by atoms with Crippen LogP contribution in [0.3, 0.4) is 0 Å². The summed E-state index contributed by atoms with van der Waals surface area (Å²) in [5, 5.41) is 13.8. The maximum Gasteiger partial charge on any atom is 0.262 e. The van der Waals surface area contributed by atoms with Crippen LogP contribution in [0.1, 0.15) is 32.1 Å². The first-order valence-corrected chi connectivity index (χ1v) is 10.5. The molecule has 0 saturated heterocycles. The van der Waals surface area contributed by atoms with Crippen molar-refractivity contribution in [3.8, 4) is 6.07 Å². The van der Waals surface area contributed by atoms with E-state index in [-0.39, 0.29) is 23.8 Å². The van der Waals surface area contributed by atoms with Gasteiger partial charge < -0.3 is 5.32 Å². The second kappa shape index (κ2) is 8.80. The number of rotatable bonds is 6. The summed E-state index contributed by atoms with van der Waals surface area (Å²) in [6.45, 7) is 3.98. The van der Waals surface area contributed by atoms with Gasteiger partial charge in [0.1, 0.15) is 5.54 Å². The Morgan fingerprint density at radius 2 is 2.18 bits per heavy atom. The molecule has 1 aliphatic carbocycles. The maximum atomic E-state index is 12.8. The predicted molar refractivity (Wildman–Crippen MR) is 112 cm³/mol. The molecular weight excluding hydrogens is 396 g/mol. The second-order valence-electron chi connectivity index (χ2n) is 6.85. The zero-order chi connectivity index (χ0) is 20.1. The van der Waals surface area contributed by atoms with Crippen molar-refractivity contribution in [1.82, 2.24) is 14.9 Å². The Kier molecular flexibility index (Phi) is 6.42. The van der Waals surface area contributed by atoms with Gasteiger partial charge in [0.05, 0.1) is 22.7 Å². The van der Waals surface area contributed by atoms with Gasteiger partial charge in [-0.15, -0.1) is 6.58 Å². The highest BCUT2D eigenvalue weighted by Crippen LogP contribution is 2.28. The quantitative estimate of drug-likeness (QED) is 0.441. The third-order valence-corrected chi connectivity index (χ3v) is 6.04. The lowest BCUT2D eigenvalue weighted by Gasteiger charge is -2.31. The van der Waals surface area contributed by atoms with Crippen LogP contribution in [0.5, 0.6) is 0 Å². The predicted octanol–water partition coefficient (Wildman–Crippen LogP) is 3.67. The third kappa shape index (κ3) is 4.40. The summed E-state index contributed by atoms with van der Waals surface area (Å²) in [4.78, 5) is 29.8. The summed E-state index contributed by atoms with van der Waals surface area (Å²) in [7, 11) is 0. The molecule has 0 atom stereocenters. The minimum absolute atomic E-state index is 0.0685. The van der Waals surface area contributed by atoms with E-state index in [0.29, 0.717) is 33.9 Å². The first-order chi connectivity index (χ1) is 13.5. The highest BCUT2D eigenvalue weighted by Gasteiger charge is 2.33. The Morgan fingerprint density at radius 3 is 2.86 bits per heavy atom. The van der Waals surface area contributed by atoms with Crippen LogP contribution >= 0.6 is 23.4 Å². The zero-order valence-electron chi connectivity index (χ0n) is 15.4. The van der Waals surface area contributed by atoms with Crippen molar-refractivity contribution in [3.63, 3.8) is 0 Å². The van der Waals surface area contributed by atoms with Crippen molar-refractivity contribution in [1.29, 1.82) is 5.26 Å². The number of nitriles is 1. The molecule has 0 aliphatic heterocycles. The molecule has 28 heavy (non-hydrogen) atoms. The van der Waals surface area contributed by atoms with Gasteiger partial charge in [-0.1, -0.05) is 48.7 Å². The number of hydrogen-bond acceptors (Lipinski definition) is 5. The van der Waals surface area contributed by atoms with E-state index in [2.05, 4.69) is 22.9 Å². The Bertz CT molecular complexity index is 1010. The van der Waals surface area contributed by atoms with Gasteiger partial charge in [0.25, 0.3) is 5.56 Å². The largest absolute Gasteiger partial charge is 0.337 e. The lowest BCUT2D eigenvalue weighted by atomic mass is 9.83. The number of carbonyl (C=O) groups is 1. The third-order valence-electron chi connectivity index (χ3n) is 4.83. The molecule has 1 aromatic carbocycles. The van der Waals surface area contributed by atoms with Crippen molar-refractivity contribution in [2.45, 2.75) is 49.3 Å². The van der Waals surface area contributed by atoms with Crippen molar-refractivity contribution in [2.24, 2.45) is 0 Å². The van der Waals surface area contributed by atoms with Crippen LogP contribution in [-0.4, -0.2) is 26.8 Å². The molecule has 0 bridgehead atoms. The fourth-order valence-corrected chi connectivity index (χ4v) is 4.40. The van der Waals surface area contributed by atoms with Crippen molar-refractivity contribution in [3.05, 3.63) is 46.2 Å². The van der Waals surface area contributed by atoms with Gasteiger partial charge in [-0.2, -0.15) is 5.26 Å². The Hall–Kier alpha value is -2.30. The molecule has 1 aliphatic rings. The Labute approximate surface area is 172 Å². The van der Waals surface area contributed by atoms with Gasteiger partial charge >= 0.3 is 0 Å². The smallest absolute Gasteiger partial charge is 0.262 e. The van der Waals surface area contributed by atoms with Crippen LogP contribution in [0.4, 0.5) is 0 Å². The molecule has 0 spiro atoms. The zero-order valence-corrected chi connectivity index (χ0v) is 17.0. The molecule has 0 radical (unpaired) electrons. The van der Waals surface area contributed by atoms with Gasteiger partial charge in [-0.25, -0.2) is 4.98 Å². The first kappa shape index (κ1) is 20.4. The number of carbonyl (C=O) groups excluding carboxylic acids is 1. The average Bonchev–Trinajstić information content (AvgIpc) is 2.69. The van der Waals surface area contributed by atoms with Crippen molar-refractivity contribution < 1.29 is 4.79 Å². The highest BCUT2D eigenvalue weighted by molar-refractivity contribution is 7.99. The van der Waals surface area contributed by atoms with Gasteiger partial charge in [0.15, 0.2) is 5.16 Å². The number of fused-ring (bicyclic) bond motifs is 1. The van der Waals surface area contributed by atoms with Crippen LogP contribution in [0.2, 0.25) is 5.02 Å². The van der Waals surface area contributed by atoms with Crippen LogP contribution in [-0.2, 0) is 11.3 Å². The van der Waals surface area contributed by atoms with Crippen LogP contribution in [0, 0.1) is 11.3 Å².